The summed E-state index contributed by atoms with van der Waals surface area (Å²) in [6, 6.07) is 6.48. The van der Waals surface area contributed by atoms with E-state index < -0.39 is 0 Å². The molecule has 0 atom stereocenters. The number of piperazine rings is 1. The van der Waals surface area contributed by atoms with Crippen LogP contribution < -0.4 is 26.2 Å². The predicted octanol–water partition coefficient (Wildman–Crippen LogP) is 1.45. The highest BCUT2D eigenvalue weighted by atomic mass is 16.5. The lowest BCUT2D eigenvalue weighted by atomic mass is 10.1. The molecule has 5 rings (SSSR count). The Morgan fingerprint density at radius 1 is 1.23 bits per heavy atom. The van der Waals surface area contributed by atoms with E-state index in [0.717, 1.165) is 50.8 Å². The van der Waals surface area contributed by atoms with Crippen molar-refractivity contribution in [3.8, 4) is 17.1 Å². The molecule has 39 heavy (non-hydrogen) atoms. The first-order valence-corrected chi connectivity index (χ1v) is 13.0. The van der Waals surface area contributed by atoms with Gasteiger partial charge in [0.1, 0.15) is 29.6 Å². The number of nitrogens with one attached hydrogen (secondary N) is 1. The van der Waals surface area contributed by atoms with Crippen molar-refractivity contribution >= 4 is 23.0 Å². The van der Waals surface area contributed by atoms with E-state index in [-0.39, 0.29) is 13.2 Å². The third-order valence-electron chi connectivity index (χ3n) is 6.93. The van der Waals surface area contributed by atoms with Crippen LogP contribution in [0.5, 0.6) is 5.75 Å². The zero-order valence-corrected chi connectivity index (χ0v) is 22.4. The molecule has 0 radical (unpaired) electrons. The van der Waals surface area contributed by atoms with Gasteiger partial charge >= 0.3 is 0 Å². The number of hydrogen-bond donors (Lipinski definition) is 3. The van der Waals surface area contributed by atoms with Crippen molar-refractivity contribution in [2.45, 2.75) is 13.0 Å². The van der Waals surface area contributed by atoms with Gasteiger partial charge < -0.3 is 35.1 Å². The summed E-state index contributed by atoms with van der Waals surface area (Å²) in [7, 11) is 1.87. The minimum absolute atomic E-state index is 0.0743. The Hall–Kier alpha value is -4.00. The van der Waals surface area contributed by atoms with Gasteiger partial charge in [-0.3, -0.25) is 9.88 Å². The highest BCUT2D eigenvalue weighted by Crippen LogP contribution is 2.33. The Balaban J connectivity index is 1.44. The molecular formula is C27H35N9O3. The van der Waals surface area contributed by atoms with Crippen molar-refractivity contribution in [1.82, 2.24) is 24.4 Å². The Labute approximate surface area is 227 Å². The fourth-order valence-electron chi connectivity index (χ4n) is 4.67. The molecule has 2 aliphatic rings. The van der Waals surface area contributed by atoms with Gasteiger partial charge in [-0.2, -0.15) is 0 Å². The summed E-state index contributed by atoms with van der Waals surface area (Å²) in [6.45, 7) is 11.0. The normalized spacial score (nSPS) is 16.7. The molecule has 0 aliphatic carbocycles. The summed E-state index contributed by atoms with van der Waals surface area (Å²) in [6.07, 6.45) is 4.94. The molecular weight excluding hydrogens is 498 g/mol. The van der Waals surface area contributed by atoms with Crippen molar-refractivity contribution in [2.75, 3.05) is 68.6 Å². The number of aromatic nitrogens is 4. The Morgan fingerprint density at radius 3 is 2.69 bits per heavy atom. The first kappa shape index (κ1) is 26.6. The van der Waals surface area contributed by atoms with E-state index in [4.69, 9.17) is 20.2 Å². The Bertz CT molecular complexity index is 1400. The van der Waals surface area contributed by atoms with E-state index in [1.54, 1.807) is 6.20 Å². The minimum Gasteiger partial charge on any atom is -0.489 e. The largest absolute Gasteiger partial charge is 0.489 e. The lowest BCUT2D eigenvalue weighted by Gasteiger charge is -2.43. The molecule has 0 unspecified atom stereocenters. The summed E-state index contributed by atoms with van der Waals surface area (Å²) < 4.78 is 13.2. The fourth-order valence-corrected chi connectivity index (χ4v) is 4.67. The van der Waals surface area contributed by atoms with Crippen LogP contribution in [-0.4, -0.2) is 88.2 Å². The van der Waals surface area contributed by atoms with Crippen LogP contribution in [0, 0.1) is 6.92 Å². The summed E-state index contributed by atoms with van der Waals surface area (Å²) in [5.74, 6) is 1.55. The van der Waals surface area contributed by atoms with Crippen molar-refractivity contribution in [1.29, 1.82) is 0 Å². The second-order valence-corrected chi connectivity index (χ2v) is 9.54. The number of nitrogen functional groups attached to an aromatic ring is 1. The molecule has 12 nitrogen and oxygen atoms in total. The molecule has 0 spiro atoms. The van der Waals surface area contributed by atoms with Gasteiger partial charge in [0, 0.05) is 57.4 Å². The number of rotatable bonds is 9. The van der Waals surface area contributed by atoms with E-state index in [2.05, 4.69) is 36.7 Å². The number of nitrogens with two attached hydrogens (primary N) is 1. The van der Waals surface area contributed by atoms with Gasteiger partial charge in [-0.15, -0.1) is 0 Å². The van der Waals surface area contributed by atoms with Crippen LogP contribution in [0.2, 0.25) is 0 Å². The number of benzene rings is 1. The number of aryl methyl sites for hydroxylation is 2. The minimum atomic E-state index is -0.0743. The maximum atomic E-state index is 9.44. The topological polar surface area (TPSA) is 139 Å². The van der Waals surface area contributed by atoms with Gasteiger partial charge in [0.25, 0.3) is 0 Å². The van der Waals surface area contributed by atoms with Crippen LogP contribution in [0.3, 0.4) is 0 Å². The van der Waals surface area contributed by atoms with E-state index in [1.165, 1.54) is 6.20 Å². The fraction of sp³-hybridized carbons (Fsp3) is 0.407. The van der Waals surface area contributed by atoms with Gasteiger partial charge in [0.15, 0.2) is 11.3 Å². The summed E-state index contributed by atoms with van der Waals surface area (Å²) in [5.41, 5.74) is 10.1. The van der Waals surface area contributed by atoms with Crippen LogP contribution in [0.15, 0.2) is 48.4 Å². The van der Waals surface area contributed by atoms with E-state index in [0.29, 0.717) is 46.0 Å². The number of ether oxygens (including phenoxy) is 2. The molecule has 1 aromatic carbocycles. The third-order valence-corrected chi connectivity index (χ3v) is 6.93. The Morgan fingerprint density at radius 2 is 2.03 bits per heavy atom. The molecule has 2 fully saturated rings. The van der Waals surface area contributed by atoms with Gasteiger partial charge in [-0.05, 0) is 19.1 Å². The standard InChI is InChI=1S/C27H35N9O3/c1-4-29-27-26(33-22(15-34(27)3)21-14-30-18(2)25(28)32-21)31-19-5-6-23(24(13-19)39-12-11-37)36-9-7-35(8-10-36)20-16-38-17-20/h4-6,13-15,20,37H,1,7-12,16-17H2,2-3H3,(H2,28,32)(H,31,33). The van der Waals surface area contributed by atoms with Gasteiger partial charge in [-0.25, -0.2) is 15.0 Å². The van der Waals surface area contributed by atoms with Crippen molar-refractivity contribution in [3.05, 3.63) is 54.6 Å². The number of nitrogens with zero attached hydrogens (tertiary/aromatic N) is 7. The molecule has 2 aromatic heterocycles. The maximum Gasteiger partial charge on any atom is 0.175 e. The lowest BCUT2D eigenvalue weighted by molar-refractivity contribution is -0.0660. The first-order chi connectivity index (χ1) is 19.0. The van der Waals surface area contributed by atoms with E-state index in [9.17, 15) is 5.11 Å². The molecule has 0 bridgehead atoms. The molecule has 12 heteroatoms. The number of anilines is 4. The summed E-state index contributed by atoms with van der Waals surface area (Å²) in [4.78, 5) is 22.8. The van der Waals surface area contributed by atoms with Gasteiger partial charge in [-0.1, -0.05) is 6.58 Å². The highest BCUT2D eigenvalue weighted by Gasteiger charge is 2.29. The van der Waals surface area contributed by atoms with Crippen molar-refractivity contribution in [2.24, 2.45) is 12.0 Å². The van der Waals surface area contributed by atoms with Crippen LogP contribution >= 0.6 is 0 Å². The highest BCUT2D eigenvalue weighted by molar-refractivity contribution is 5.69. The molecule has 3 aromatic rings. The zero-order chi connectivity index (χ0) is 27.4. The third kappa shape index (κ3) is 5.87. The average molecular weight is 534 g/mol. The Kier molecular flexibility index (Phi) is 8.05. The number of hydrogen-bond acceptors (Lipinski definition) is 11. The van der Waals surface area contributed by atoms with E-state index in [1.807, 2.05) is 42.9 Å². The van der Waals surface area contributed by atoms with E-state index >= 15 is 0 Å². The van der Waals surface area contributed by atoms with Crippen LogP contribution in [0.25, 0.3) is 11.4 Å². The summed E-state index contributed by atoms with van der Waals surface area (Å²) in [5, 5.41) is 12.8. The molecule has 0 saturated carbocycles. The van der Waals surface area contributed by atoms with Crippen molar-refractivity contribution in [3.63, 3.8) is 0 Å². The van der Waals surface area contributed by atoms with Crippen LogP contribution in [0.1, 0.15) is 5.69 Å². The van der Waals surface area contributed by atoms with Crippen LogP contribution in [-0.2, 0) is 11.8 Å². The quantitative estimate of drug-likeness (QED) is 0.370. The molecule has 4 heterocycles. The molecule has 206 valence electrons. The van der Waals surface area contributed by atoms with Gasteiger partial charge in [0.2, 0.25) is 0 Å². The molecule has 4 N–H and O–H groups in total. The lowest BCUT2D eigenvalue weighted by Crippen LogP contribution is -2.56. The smallest absolute Gasteiger partial charge is 0.175 e. The SMILES string of the molecule is C=CN=c1c(Nc2ccc(N3CCN(C4COC4)CC3)c(OCCO)c2)nc(-c2cnc(C)c(N)n2)cn1C. The molecule has 0 amide bonds. The first-order valence-electron chi connectivity index (χ1n) is 13.0. The van der Waals surface area contributed by atoms with Crippen LogP contribution in [0.4, 0.5) is 23.0 Å². The monoisotopic (exact) mass is 533 g/mol. The second-order valence-electron chi connectivity index (χ2n) is 9.54. The molecule has 2 aliphatic heterocycles. The second kappa shape index (κ2) is 11.8. The average Bonchev–Trinajstić information content (AvgIpc) is 2.90. The predicted molar refractivity (Wildman–Crippen MR) is 150 cm³/mol. The summed E-state index contributed by atoms with van der Waals surface area (Å²) >= 11 is 0. The number of aliphatic hydroxyl groups is 1. The zero-order valence-electron chi connectivity index (χ0n) is 22.4. The van der Waals surface area contributed by atoms with Gasteiger partial charge in [0.05, 0.1) is 43.4 Å². The van der Waals surface area contributed by atoms with Crippen molar-refractivity contribution < 1.29 is 14.6 Å². The maximum absolute atomic E-state index is 9.44. The number of aliphatic hydroxyl groups excluding tert-OH is 1. The molecule has 2 saturated heterocycles.